The number of carbonyl (C=O) groups is 2. The van der Waals surface area contributed by atoms with Gasteiger partial charge in [-0.05, 0) is 31.2 Å². The van der Waals surface area contributed by atoms with Crippen molar-refractivity contribution in [1.82, 2.24) is 10.6 Å². The predicted molar refractivity (Wildman–Crippen MR) is 118 cm³/mol. The third-order valence-corrected chi connectivity index (χ3v) is 4.71. The summed E-state index contributed by atoms with van der Waals surface area (Å²) in [5.41, 5.74) is 1.22. The molecule has 0 aliphatic rings. The number of fused-ring (bicyclic) bond motifs is 1. The van der Waals surface area contributed by atoms with E-state index in [4.69, 9.17) is 20.8 Å². The van der Waals surface area contributed by atoms with Crippen molar-refractivity contribution in [1.29, 1.82) is 0 Å². The molecule has 3 rings (SSSR count). The molecule has 2 N–H and O–H groups in total. The van der Waals surface area contributed by atoms with Gasteiger partial charge in [0, 0.05) is 30.8 Å². The average molecular weight is 459 g/mol. The van der Waals surface area contributed by atoms with Gasteiger partial charge in [-0.1, -0.05) is 29.8 Å². The zero-order chi connectivity index (χ0) is 23.3. The Morgan fingerprint density at radius 2 is 1.97 bits per heavy atom. The zero-order valence-electron chi connectivity index (χ0n) is 17.2. The molecule has 32 heavy (non-hydrogen) atoms. The van der Waals surface area contributed by atoms with Gasteiger partial charge in [-0.15, -0.1) is 0 Å². The highest BCUT2D eigenvalue weighted by atomic mass is 35.5. The van der Waals surface area contributed by atoms with Gasteiger partial charge in [-0.3, -0.25) is 14.4 Å². The van der Waals surface area contributed by atoms with Gasteiger partial charge in [0.15, 0.2) is 17.8 Å². The Bertz CT molecular complexity index is 1250. The minimum Gasteiger partial charge on any atom is -0.484 e. The first kappa shape index (κ1) is 23.0. The Labute approximate surface area is 187 Å². The van der Waals surface area contributed by atoms with Gasteiger partial charge in [0.2, 0.25) is 0 Å². The number of nitrogens with one attached hydrogen (secondary N) is 2. The number of amides is 2. The van der Waals surface area contributed by atoms with Crippen LogP contribution in [-0.2, 0) is 4.79 Å². The fourth-order valence-corrected chi connectivity index (χ4v) is 2.90. The average Bonchev–Trinajstić information content (AvgIpc) is 2.75. The zero-order valence-corrected chi connectivity index (χ0v) is 17.9. The summed E-state index contributed by atoms with van der Waals surface area (Å²) in [7, 11) is 0. The maximum Gasteiger partial charge on any atom is 0.291 e. The van der Waals surface area contributed by atoms with Crippen LogP contribution in [0.2, 0.25) is 5.02 Å². The van der Waals surface area contributed by atoms with E-state index in [9.17, 15) is 18.8 Å². The summed E-state index contributed by atoms with van der Waals surface area (Å²) in [6.45, 7) is 5.45. The van der Waals surface area contributed by atoms with Crippen LogP contribution in [0.3, 0.4) is 0 Å². The lowest BCUT2D eigenvalue weighted by molar-refractivity contribution is -0.123. The van der Waals surface area contributed by atoms with Crippen molar-refractivity contribution in [2.75, 3.05) is 13.2 Å². The molecule has 1 aromatic heterocycles. The molecule has 0 aliphatic carbocycles. The minimum absolute atomic E-state index is 0.0413. The van der Waals surface area contributed by atoms with Crippen molar-refractivity contribution in [2.24, 2.45) is 0 Å². The number of aryl methyl sites for hydroxylation is 1. The summed E-state index contributed by atoms with van der Waals surface area (Å²) in [5, 5.41) is 5.49. The number of hydrogen-bond donors (Lipinski definition) is 2. The lowest BCUT2D eigenvalue weighted by Crippen LogP contribution is -2.31. The summed E-state index contributed by atoms with van der Waals surface area (Å²) in [4.78, 5) is 36.5. The molecule has 1 heterocycles. The smallest absolute Gasteiger partial charge is 0.291 e. The molecule has 0 spiro atoms. The second-order valence-corrected chi connectivity index (χ2v) is 7.40. The van der Waals surface area contributed by atoms with E-state index in [1.165, 1.54) is 12.1 Å². The Balaban J connectivity index is 1.46. The van der Waals surface area contributed by atoms with Gasteiger partial charge in [-0.25, -0.2) is 4.39 Å². The highest BCUT2D eigenvalue weighted by Gasteiger charge is 2.13. The second-order valence-electron chi connectivity index (χ2n) is 7.00. The van der Waals surface area contributed by atoms with Gasteiger partial charge < -0.3 is 19.8 Å². The summed E-state index contributed by atoms with van der Waals surface area (Å²) >= 11 is 5.59. The Kier molecular flexibility index (Phi) is 7.27. The maximum absolute atomic E-state index is 13.4. The minimum atomic E-state index is -0.644. The predicted octanol–water partition coefficient (Wildman–Crippen LogP) is 3.72. The standard InChI is InChI=1S/C23H20ClFN2O5/c1-13-3-6-20-16(9-13)19(28)11-21(32-20)23(30)27-14(2)7-8-26-22(29)12-31-15-4-5-17(24)18(25)10-15/h3-6,9-11H,2,7-8,12H2,1H3,(H,26,29)(H,27,30). The maximum atomic E-state index is 13.4. The third-order valence-electron chi connectivity index (χ3n) is 4.41. The lowest BCUT2D eigenvalue weighted by atomic mass is 10.1. The molecule has 0 bridgehead atoms. The molecule has 0 atom stereocenters. The van der Waals surface area contributed by atoms with Crippen molar-refractivity contribution in [3.05, 3.63) is 87.1 Å². The van der Waals surface area contributed by atoms with E-state index < -0.39 is 17.6 Å². The first-order valence-corrected chi connectivity index (χ1v) is 9.99. The normalized spacial score (nSPS) is 10.6. The number of benzene rings is 2. The summed E-state index contributed by atoms with van der Waals surface area (Å²) < 4.78 is 24.1. The number of carbonyl (C=O) groups excluding carboxylic acids is 2. The molecule has 0 saturated carbocycles. The van der Waals surface area contributed by atoms with Crippen LogP contribution in [0.4, 0.5) is 4.39 Å². The second kappa shape index (κ2) is 10.1. The highest BCUT2D eigenvalue weighted by Crippen LogP contribution is 2.20. The van der Waals surface area contributed by atoms with Crippen LogP contribution in [0.25, 0.3) is 11.0 Å². The van der Waals surface area contributed by atoms with Crippen molar-refractivity contribution in [3.8, 4) is 5.75 Å². The first-order valence-electron chi connectivity index (χ1n) is 9.61. The molecule has 7 nitrogen and oxygen atoms in total. The van der Waals surface area contributed by atoms with Crippen molar-refractivity contribution in [2.45, 2.75) is 13.3 Å². The highest BCUT2D eigenvalue weighted by molar-refractivity contribution is 6.30. The van der Waals surface area contributed by atoms with Crippen LogP contribution in [0.1, 0.15) is 22.5 Å². The molecule has 3 aromatic rings. The van der Waals surface area contributed by atoms with E-state index in [1.807, 2.05) is 6.92 Å². The van der Waals surface area contributed by atoms with E-state index in [1.54, 1.807) is 18.2 Å². The fraction of sp³-hybridized carbons (Fsp3) is 0.174. The molecule has 0 fully saturated rings. The molecule has 0 unspecified atom stereocenters. The molecule has 0 saturated heterocycles. The van der Waals surface area contributed by atoms with Gasteiger partial charge >= 0.3 is 0 Å². The van der Waals surface area contributed by atoms with Crippen molar-refractivity contribution in [3.63, 3.8) is 0 Å². The quantitative estimate of drug-likeness (QED) is 0.536. The Morgan fingerprint density at radius 3 is 2.72 bits per heavy atom. The van der Waals surface area contributed by atoms with E-state index in [2.05, 4.69) is 17.2 Å². The third kappa shape index (κ3) is 5.95. The number of ether oxygens (including phenoxy) is 1. The molecular weight excluding hydrogens is 439 g/mol. The number of halogens is 2. The van der Waals surface area contributed by atoms with Crippen LogP contribution in [0.5, 0.6) is 5.75 Å². The van der Waals surface area contributed by atoms with Crippen molar-refractivity contribution >= 4 is 34.4 Å². The van der Waals surface area contributed by atoms with E-state index >= 15 is 0 Å². The number of rotatable bonds is 8. The van der Waals surface area contributed by atoms with Gasteiger partial charge in [-0.2, -0.15) is 0 Å². The first-order chi connectivity index (χ1) is 15.2. The van der Waals surface area contributed by atoms with Crippen LogP contribution in [0.15, 0.2) is 64.0 Å². The summed E-state index contributed by atoms with van der Waals surface area (Å²) in [6, 6.07) is 10.1. The van der Waals surface area contributed by atoms with Crippen LogP contribution in [-0.4, -0.2) is 25.0 Å². The summed E-state index contributed by atoms with van der Waals surface area (Å²) in [5.74, 6) is -1.66. The van der Waals surface area contributed by atoms with Crippen LogP contribution >= 0.6 is 11.6 Å². The Hall–Kier alpha value is -3.65. The largest absolute Gasteiger partial charge is 0.484 e. The van der Waals surface area contributed by atoms with Gasteiger partial charge in [0.1, 0.15) is 17.1 Å². The topological polar surface area (TPSA) is 97.6 Å². The van der Waals surface area contributed by atoms with Crippen LogP contribution < -0.4 is 20.8 Å². The molecule has 2 aromatic carbocycles. The molecule has 166 valence electrons. The number of hydrogen-bond acceptors (Lipinski definition) is 5. The van der Waals surface area contributed by atoms with Crippen molar-refractivity contribution < 1.29 is 23.1 Å². The van der Waals surface area contributed by atoms with Gasteiger partial charge in [0.05, 0.1) is 10.4 Å². The molecule has 0 aliphatic heterocycles. The van der Waals surface area contributed by atoms with E-state index in [0.717, 1.165) is 17.7 Å². The van der Waals surface area contributed by atoms with Crippen LogP contribution in [0, 0.1) is 12.7 Å². The molecular formula is C23H20ClFN2O5. The lowest BCUT2D eigenvalue weighted by Gasteiger charge is -2.10. The molecule has 2 amide bonds. The van der Waals surface area contributed by atoms with E-state index in [0.29, 0.717) is 16.7 Å². The molecule has 9 heteroatoms. The SMILES string of the molecule is C=C(CCNC(=O)COc1ccc(Cl)c(F)c1)NC(=O)c1cc(=O)c2cc(C)ccc2o1. The molecule has 0 radical (unpaired) electrons. The summed E-state index contributed by atoms with van der Waals surface area (Å²) in [6.07, 6.45) is 0.240. The van der Waals surface area contributed by atoms with E-state index in [-0.39, 0.29) is 41.5 Å². The van der Waals surface area contributed by atoms with Gasteiger partial charge in [0.25, 0.3) is 11.8 Å². The monoisotopic (exact) mass is 458 g/mol. The Morgan fingerprint density at radius 1 is 1.19 bits per heavy atom. The fourth-order valence-electron chi connectivity index (χ4n) is 2.79.